The number of aromatic nitrogens is 1. The molecule has 4 nitrogen and oxygen atoms in total. The van der Waals surface area contributed by atoms with Gasteiger partial charge in [0.2, 0.25) is 0 Å². The molecule has 122 valence electrons. The molecule has 1 N–H and O–H groups in total. The van der Waals surface area contributed by atoms with E-state index in [-0.39, 0.29) is 11.3 Å². The fourth-order valence-electron chi connectivity index (χ4n) is 1.87. The van der Waals surface area contributed by atoms with Gasteiger partial charge >= 0.3 is 0 Å². The van der Waals surface area contributed by atoms with Crippen molar-refractivity contribution in [3.8, 4) is 5.75 Å². The van der Waals surface area contributed by atoms with Crippen molar-refractivity contribution >= 4 is 29.3 Å². The maximum absolute atomic E-state index is 12.0. The molecule has 2 rings (SSSR count). The van der Waals surface area contributed by atoms with Gasteiger partial charge in [-0.05, 0) is 30.7 Å². The largest absolute Gasteiger partial charge is 0.494 e. The van der Waals surface area contributed by atoms with Crippen LogP contribution in [-0.2, 0) is 4.79 Å². The number of hydrogen-bond acceptors (Lipinski definition) is 4. The summed E-state index contributed by atoms with van der Waals surface area (Å²) in [5, 5.41) is 0. The SMILES string of the molecule is CCOc1cccc(C=c2sc(=CC(=O)C(C)(C)C)[nH]c2=O)c1. The number of rotatable bonds is 4. The summed E-state index contributed by atoms with van der Waals surface area (Å²) in [5.41, 5.74) is 0.234. The van der Waals surface area contributed by atoms with Crippen LogP contribution in [0.4, 0.5) is 0 Å². The van der Waals surface area contributed by atoms with Gasteiger partial charge in [0.15, 0.2) is 5.78 Å². The van der Waals surface area contributed by atoms with Crippen LogP contribution in [0.15, 0.2) is 29.1 Å². The second-order valence-corrected chi connectivity index (χ2v) is 7.28. The Morgan fingerprint density at radius 2 is 2.09 bits per heavy atom. The van der Waals surface area contributed by atoms with E-state index in [0.29, 0.717) is 15.8 Å². The second kappa shape index (κ2) is 6.96. The smallest absolute Gasteiger partial charge is 0.266 e. The van der Waals surface area contributed by atoms with Crippen molar-refractivity contribution in [2.75, 3.05) is 6.61 Å². The Kier molecular flexibility index (Phi) is 5.21. The molecule has 0 fully saturated rings. The number of ether oxygens (including phenoxy) is 1. The van der Waals surface area contributed by atoms with Crippen LogP contribution in [0.25, 0.3) is 12.2 Å². The van der Waals surface area contributed by atoms with Crippen LogP contribution in [0.3, 0.4) is 0 Å². The zero-order chi connectivity index (χ0) is 17.0. The third-order valence-corrected chi connectivity index (χ3v) is 4.11. The van der Waals surface area contributed by atoms with E-state index >= 15 is 0 Å². The number of carbonyl (C=O) groups is 1. The van der Waals surface area contributed by atoms with E-state index in [0.717, 1.165) is 11.3 Å². The minimum absolute atomic E-state index is 0.0140. The van der Waals surface area contributed by atoms with Crippen LogP contribution in [0.2, 0.25) is 0 Å². The Morgan fingerprint density at radius 3 is 2.74 bits per heavy atom. The molecule has 23 heavy (non-hydrogen) atoms. The van der Waals surface area contributed by atoms with Crippen LogP contribution in [0.1, 0.15) is 33.3 Å². The van der Waals surface area contributed by atoms with E-state index in [1.807, 2.05) is 52.0 Å². The lowest BCUT2D eigenvalue weighted by Gasteiger charge is -2.12. The molecule has 0 aliphatic heterocycles. The molecule has 0 radical (unpaired) electrons. The highest BCUT2D eigenvalue weighted by Gasteiger charge is 2.18. The Morgan fingerprint density at radius 1 is 1.35 bits per heavy atom. The highest BCUT2D eigenvalue weighted by molar-refractivity contribution is 7.07. The van der Waals surface area contributed by atoms with Crippen molar-refractivity contribution in [3.63, 3.8) is 0 Å². The van der Waals surface area contributed by atoms with E-state index in [2.05, 4.69) is 4.98 Å². The summed E-state index contributed by atoms with van der Waals surface area (Å²) >= 11 is 1.28. The van der Waals surface area contributed by atoms with Crippen LogP contribution in [0.5, 0.6) is 5.75 Å². The number of hydrogen-bond donors (Lipinski definition) is 1. The molecular formula is C18H21NO3S. The van der Waals surface area contributed by atoms with Crippen LogP contribution in [-0.4, -0.2) is 17.4 Å². The standard InChI is InChI=1S/C18H21NO3S/c1-5-22-13-8-6-7-12(9-13)10-14-17(21)19-16(23-14)11-15(20)18(2,3)4/h6-11H,5H2,1-4H3,(H,19,21). The molecule has 0 atom stereocenters. The maximum atomic E-state index is 12.0. The minimum Gasteiger partial charge on any atom is -0.494 e. The van der Waals surface area contributed by atoms with Crippen molar-refractivity contribution < 1.29 is 9.53 Å². The summed E-state index contributed by atoms with van der Waals surface area (Å²) < 4.78 is 6.59. The van der Waals surface area contributed by atoms with Crippen LogP contribution < -0.4 is 19.5 Å². The van der Waals surface area contributed by atoms with Gasteiger partial charge in [0.25, 0.3) is 5.56 Å². The molecular weight excluding hydrogens is 310 g/mol. The monoisotopic (exact) mass is 331 g/mol. The summed E-state index contributed by atoms with van der Waals surface area (Å²) in [7, 11) is 0. The molecule has 0 unspecified atom stereocenters. The van der Waals surface area contributed by atoms with Crippen molar-refractivity contribution in [1.29, 1.82) is 0 Å². The first-order valence-corrected chi connectivity index (χ1v) is 8.31. The Hall–Kier alpha value is -2.14. The number of carbonyl (C=O) groups excluding carboxylic acids is 1. The molecule has 1 heterocycles. The highest BCUT2D eigenvalue weighted by atomic mass is 32.1. The van der Waals surface area contributed by atoms with Gasteiger partial charge in [-0.2, -0.15) is 0 Å². The summed E-state index contributed by atoms with van der Waals surface area (Å²) in [6.45, 7) is 8.07. The summed E-state index contributed by atoms with van der Waals surface area (Å²) in [4.78, 5) is 26.8. The van der Waals surface area contributed by atoms with Crippen LogP contribution >= 0.6 is 11.3 Å². The summed E-state index contributed by atoms with van der Waals surface area (Å²) in [6.07, 6.45) is 3.30. The lowest BCUT2D eigenvalue weighted by atomic mass is 9.91. The van der Waals surface area contributed by atoms with Crippen LogP contribution in [0, 0.1) is 5.41 Å². The minimum atomic E-state index is -0.462. The number of H-pyrrole nitrogens is 1. The first kappa shape index (κ1) is 17.2. The predicted molar refractivity (Wildman–Crippen MR) is 94.3 cm³/mol. The molecule has 0 aliphatic rings. The maximum Gasteiger partial charge on any atom is 0.266 e. The molecule has 0 amide bonds. The average molecular weight is 331 g/mol. The van der Waals surface area contributed by atoms with Crippen molar-refractivity contribution in [1.82, 2.24) is 4.98 Å². The Bertz CT molecular complexity index is 869. The topological polar surface area (TPSA) is 59.2 Å². The number of Topliss-reactive ketones (excluding diaryl/α,β-unsaturated/α-hetero) is 1. The number of ketones is 1. The van der Waals surface area contributed by atoms with E-state index < -0.39 is 5.41 Å². The van der Waals surface area contributed by atoms with Gasteiger partial charge in [-0.1, -0.05) is 32.9 Å². The zero-order valence-corrected chi connectivity index (χ0v) is 14.6. The van der Waals surface area contributed by atoms with E-state index in [1.165, 1.54) is 17.4 Å². The molecule has 0 aliphatic carbocycles. The van der Waals surface area contributed by atoms with Gasteiger partial charge in [-0.25, -0.2) is 0 Å². The average Bonchev–Trinajstić information content (AvgIpc) is 2.78. The van der Waals surface area contributed by atoms with E-state index in [1.54, 1.807) is 6.08 Å². The molecule has 0 spiro atoms. The van der Waals surface area contributed by atoms with Gasteiger partial charge < -0.3 is 9.72 Å². The molecule has 5 heteroatoms. The molecule has 0 saturated carbocycles. The fraction of sp³-hybridized carbons (Fsp3) is 0.333. The zero-order valence-electron chi connectivity index (χ0n) is 13.8. The molecule has 1 aromatic heterocycles. The second-order valence-electron chi connectivity index (χ2n) is 6.19. The van der Waals surface area contributed by atoms with Gasteiger partial charge in [-0.3, -0.25) is 9.59 Å². The van der Waals surface area contributed by atoms with Crippen molar-refractivity contribution in [3.05, 3.63) is 49.4 Å². The number of benzene rings is 1. The third-order valence-electron chi connectivity index (χ3n) is 3.15. The first-order chi connectivity index (χ1) is 10.8. The quantitative estimate of drug-likeness (QED) is 0.933. The molecule has 2 aromatic rings. The van der Waals surface area contributed by atoms with Gasteiger partial charge in [0.05, 0.1) is 15.8 Å². The predicted octanol–water partition coefficient (Wildman–Crippen LogP) is 2.06. The summed E-state index contributed by atoms with van der Waals surface area (Å²) in [5.74, 6) is 0.754. The lowest BCUT2D eigenvalue weighted by molar-refractivity contribution is -0.119. The van der Waals surface area contributed by atoms with Crippen molar-refractivity contribution in [2.45, 2.75) is 27.7 Å². The number of aromatic amines is 1. The first-order valence-electron chi connectivity index (χ1n) is 7.49. The van der Waals surface area contributed by atoms with Gasteiger partial charge in [-0.15, -0.1) is 11.3 Å². The van der Waals surface area contributed by atoms with Gasteiger partial charge in [0.1, 0.15) is 5.75 Å². The molecule has 0 bridgehead atoms. The molecule has 0 saturated heterocycles. The highest BCUT2D eigenvalue weighted by Crippen LogP contribution is 2.15. The van der Waals surface area contributed by atoms with E-state index in [9.17, 15) is 9.59 Å². The number of nitrogens with one attached hydrogen (secondary N) is 1. The molecule has 1 aromatic carbocycles. The Balaban J connectivity index is 2.42. The van der Waals surface area contributed by atoms with Crippen molar-refractivity contribution in [2.24, 2.45) is 5.41 Å². The normalized spacial score (nSPS) is 13.4. The number of thiazole rings is 1. The van der Waals surface area contributed by atoms with E-state index in [4.69, 9.17) is 4.74 Å². The lowest BCUT2D eigenvalue weighted by Crippen LogP contribution is -2.22. The third kappa shape index (κ3) is 4.66. The van der Waals surface area contributed by atoms with Gasteiger partial charge in [0, 0.05) is 11.5 Å². The Labute approximate surface area is 139 Å². The fourth-order valence-corrected chi connectivity index (χ4v) is 2.76. The summed E-state index contributed by atoms with van der Waals surface area (Å²) in [6, 6.07) is 7.55.